The number of hydrogen-bond acceptors (Lipinski definition) is 8. The molecule has 26 heavy (non-hydrogen) atoms. The highest BCUT2D eigenvalue weighted by molar-refractivity contribution is 5.63. The lowest BCUT2D eigenvalue weighted by Crippen LogP contribution is -2.35. The van der Waals surface area contributed by atoms with E-state index in [1.165, 1.54) is 0 Å². The molecule has 0 aromatic carbocycles. The number of methoxy groups -OCH3 is 1. The molecule has 2 atom stereocenters. The number of β-amino-alcohol motifs (C(OH)–C–C–N with tert-alkyl or cyclic N) is 1. The van der Waals surface area contributed by atoms with Gasteiger partial charge in [0, 0.05) is 31.9 Å². The maximum atomic E-state index is 9.90. The normalized spacial score (nSPS) is 23.2. The number of aliphatic hydroxyl groups excluding tert-OH is 1. The first kappa shape index (κ1) is 17.1. The second-order valence-electron chi connectivity index (χ2n) is 6.50. The van der Waals surface area contributed by atoms with Crippen LogP contribution in [-0.2, 0) is 4.74 Å². The molecule has 2 aromatic heterocycles. The highest BCUT2D eigenvalue weighted by atomic mass is 16.5. The van der Waals surface area contributed by atoms with Crippen molar-refractivity contribution in [1.82, 2.24) is 20.3 Å². The van der Waals surface area contributed by atoms with Gasteiger partial charge in [0.1, 0.15) is 5.82 Å². The Labute approximate surface area is 152 Å². The molecule has 0 amide bonds. The van der Waals surface area contributed by atoms with Gasteiger partial charge in [-0.05, 0) is 18.6 Å². The Hall–Kier alpha value is -2.29. The van der Waals surface area contributed by atoms with Gasteiger partial charge in [-0.1, -0.05) is 0 Å². The molecule has 0 radical (unpaired) electrons. The number of aliphatic hydroxyl groups is 1. The molecule has 4 rings (SSSR count). The number of hydrogen-bond donors (Lipinski definition) is 2. The average molecular weight is 357 g/mol. The van der Waals surface area contributed by atoms with E-state index in [2.05, 4.69) is 15.2 Å². The predicted molar refractivity (Wildman–Crippen MR) is 96.2 cm³/mol. The van der Waals surface area contributed by atoms with Crippen LogP contribution in [0.1, 0.15) is 18.2 Å². The first-order valence-electron chi connectivity index (χ1n) is 8.87. The zero-order valence-corrected chi connectivity index (χ0v) is 14.8. The fourth-order valence-corrected chi connectivity index (χ4v) is 3.34. The van der Waals surface area contributed by atoms with Crippen molar-refractivity contribution >= 4 is 5.82 Å². The second-order valence-corrected chi connectivity index (χ2v) is 6.50. The molecule has 138 valence electrons. The highest BCUT2D eigenvalue weighted by Gasteiger charge is 2.25. The monoisotopic (exact) mass is 357 g/mol. The van der Waals surface area contributed by atoms with Crippen molar-refractivity contribution in [3.8, 4) is 17.3 Å². The Morgan fingerprint density at radius 3 is 3.04 bits per heavy atom. The van der Waals surface area contributed by atoms with Crippen LogP contribution in [0, 0.1) is 0 Å². The van der Waals surface area contributed by atoms with E-state index >= 15 is 0 Å². The summed E-state index contributed by atoms with van der Waals surface area (Å²) in [4.78, 5) is 15.9. The molecule has 0 saturated carbocycles. The van der Waals surface area contributed by atoms with Crippen LogP contribution in [0.5, 0.6) is 5.88 Å². The highest BCUT2D eigenvalue weighted by Crippen LogP contribution is 2.29. The van der Waals surface area contributed by atoms with Crippen LogP contribution < -0.4 is 15.0 Å². The van der Waals surface area contributed by atoms with Crippen molar-refractivity contribution < 1.29 is 14.6 Å². The van der Waals surface area contributed by atoms with Gasteiger partial charge in [-0.3, -0.25) is 0 Å². The summed E-state index contributed by atoms with van der Waals surface area (Å²) in [6, 6.07) is 5.74. The number of nitrogens with one attached hydrogen (secondary N) is 1. The fraction of sp³-hybridized carbons (Fsp3) is 0.500. The lowest BCUT2D eigenvalue weighted by Gasteiger charge is -2.25. The molecule has 2 fully saturated rings. The van der Waals surface area contributed by atoms with Gasteiger partial charge in [-0.15, -0.1) is 0 Å². The Kier molecular flexibility index (Phi) is 4.96. The van der Waals surface area contributed by atoms with E-state index in [9.17, 15) is 5.11 Å². The summed E-state index contributed by atoms with van der Waals surface area (Å²) in [5.74, 6) is 1.86. The number of pyridine rings is 1. The Morgan fingerprint density at radius 1 is 1.38 bits per heavy atom. The van der Waals surface area contributed by atoms with Gasteiger partial charge in [-0.25, -0.2) is 15.0 Å². The summed E-state index contributed by atoms with van der Waals surface area (Å²) in [7, 11) is 1.59. The van der Waals surface area contributed by atoms with E-state index in [1.807, 2.05) is 18.2 Å². The Bertz CT molecular complexity index is 743. The molecule has 2 aromatic rings. The lowest BCUT2D eigenvalue weighted by atomic mass is 10.1. The molecule has 8 heteroatoms. The summed E-state index contributed by atoms with van der Waals surface area (Å²) >= 11 is 0. The summed E-state index contributed by atoms with van der Waals surface area (Å²) in [6.07, 6.45) is 2.11. The molecule has 2 saturated heterocycles. The van der Waals surface area contributed by atoms with E-state index in [-0.39, 0.29) is 12.1 Å². The first-order chi connectivity index (χ1) is 12.7. The van der Waals surface area contributed by atoms with Crippen molar-refractivity contribution in [1.29, 1.82) is 0 Å². The summed E-state index contributed by atoms with van der Waals surface area (Å²) < 4.78 is 11.0. The van der Waals surface area contributed by atoms with Crippen LogP contribution in [0.15, 0.2) is 24.4 Å². The van der Waals surface area contributed by atoms with E-state index in [1.54, 1.807) is 13.3 Å². The van der Waals surface area contributed by atoms with Crippen LogP contribution in [0.25, 0.3) is 11.4 Å². The number of aromatic nitrogens is 3. The topological polar surface area (TPSA) is 92.6 Å². The second kappa shape index (κ2) is 7.53. The van der Waals surface area contributed by atoms with Crippen molar-refractivity contribution in [2.24, 2.45) is 0 Å². The molecule has 8 nitrogen and oxygen atoms in total. The Balaban J connectivity index is 1.77. The molecular weight excluding hydrogens is 334 g/mol. The van der Waals surface area contributed by atoms with Gasteiger partial charge >= 0.3 is 0 Å². The van der Waals surface area contributed by atoms with Crippen molar-refractivity contribution in [2.75, 3.05) is 44.9 Å². The first-order valence-corrected chi connectivity index (χ1v) is 8.87. The van der Waals surface area contributed by atoms with Gasteiger partial charge in [0.2, 0.25) is 5.88 Å². The summed E-state index contributed by atoms with van der Waals surface area (Å²) in [6.45, 7) is 3.42. The lowest BCUT2D eigenvalue weighted by molar-refractivity contribution is 0.0756. The third kappa shape index (κ3) is 3.48. The minimum Gasteiger partial charge on any atom is -0.480 e. The molecule has 0 aliphatic carbocycles. The van der Waals surface area contributed by atoms with Crippen molar-refractivity contribution in [3.05, 3.63) is 30.1 Å². The summed E-state index contributed by atoms with van der Waals surface area (Å²) in [5, 5.41) is 13.3. The number of morpholine rings is 1. The van der Waals surface area contributed by atoms with E-state index in [0.717, 1.165) is 36.6 Å². The van der Waals surface area contributed by atoms with Gasteiger partial charge in [0.25, 0.3) is 0 Å². The molecular formula is C18H23N5O3. The molecule has 1 unspecified atom stereocenters. The minimum atomic E-state index is -0.319. The van der Waals surface area contributed by atoms with Gasteiger partial charge in [0.05, 0.1) is 43.7 Å². The fourth-order valence-electron chi connectivity index (χ4n) is 3.34. The Morgan fingerprint density at radius 2 is 2.31 bits per heavy atom. The molecule has 4 heterocycles. The number of nitrogens with zero attached hydrogens (tertiary/aromatic N) is 4. The SMILES string of the molecule is COc1ncccc1-c1nc(C2COCCN2)cc(N2CC[C@H](O)C2)n1. The third-order valence-electron chi connectivity index (χ3n) is 4.70. The average Bonchev–Trinajstić information content (AvgIpc) is 3.14. The molecule has 0 spiro atoms. The maximum absolute atomic E-state index is 9.90. The van der Waals surface area contributed by atoms with Gasteiger partial charge < -0.3 is 24.8 Å². The smallest absolute Gasteiger partial charge is 0.224 e. The molecule has 0 bridgehead atoms. The zero-order valence-electron chi connectivity index (χ0n) is 14.8. The predicted octanol–water partition coefficient (Wildman–Crippen LogP) is 0.779. The van der Waals surface area contributed by atoms with Crippen LogP contribution in [0.4, 0.5) is 5.82 Å². The van der Waals surface area contributed by atoms with E-state index in [4.69, 9.17) is 19.4 Å². The van der Waals surface area contributed by atoms with Crippen LogP contribution in [0.3, 0.4) is 0 Å². The molecule has 2 aliphatic rings. The minimum absolute atomic E-state index is 0.0134. The van der Waals surface area contributed by atoms with Crippen LogP contribution in [0.2, 0.25) is 0 Å². The van der Waals surface area contributed by atoms with E-state index in [0.29, 0.717) is 31.5 Å². The van der Waals surface area contributed by atoms with Gasteiger partial charge in [0.15, 0.2) is 5.82 Å². The van der Waals surface area contributed by atoms with E-state index < -0.39 is 0 Å². The van der Waals surface area contributed by atoms with Gasteiger partial charge in [-0.2, -0.15) is 0 Å². The maximum Gasteiger partial charge on any atom is 0.224 e. The zero-order chi connectivity index (χ0) is 17.9. The molecule has 2 N–H and O–H groups in total. The number of ether oxygens (including phenoxy) is 2. The molecule has 2 aliphatic heterocycles. The largest absolute Gasteiger partial charge is 0.480 e. The standard InChI is InChI=1S/C18H23N5O3/c1-25-18-13(3-2-5-20-18)17-21-14(15-11-26-8-6-19-15)9-16(22-17)23-7-4-12(24)10-23/h2-3,5,9,12,15,19,24H,4,6-8,10-11H2,1H3/t12-,15?/m0/s1. The third-order valence-corrected chi connectivity index (χ3v) is 4.70. The number of anilines is 1. The van der Waals surface area contributed by atoms with Crippen molar-refractivity contribution in [2.45, 2.75) is 18.6 Å². The summed E-state index contributed by atoms with van der Waals surface area (Å²) in [5.41, 5.74) is 1.62. The van der Waals surface area contributed by atoms with Crippen LogP contribution in [-0.4, -0.2) is 66.1 Å². The quantitative estimate of drug-likeness (QED) is 0.829. The number of rotatable bonds is 4. The van der Waals surface area contributed by atoms with Crippen molar-refractivity contribution in [3.63, 3.8) is 0 Å². The van der Waals surface area contributed by atoms with Crippen LogP contribution >= 0.6 is 0 Å².